The average Bonchev–Trinajstić information content (AvgIpc) is 3.03. The SMILES string of the molecule is COCCN(C)c1cc(C(N)=O)nc(-c2cccc(C#C[C@]3(O)CCN(C)C3=O)c2)n1. The summed E-state index contributed by atoms with van der Waals surface area (Å²) in [5, 5.41) is 10.5. The number of nitrogens with two attached hydrogens (primary N) is 1. The minimum absolute atomic E-state index is 0.0923. The van der Waals surface area contributed by atoms with Crippen LogP contribution >= 0.6 is 0 Å². The molecule has 1 atom stereocenters. The van der Waals surface area contributed by atoms with Crippen LogP contribution in [-0.2, 0) is 9.53 Å². The predicted octanol–water partition coefficient (Wildman–Crippen LogP) is 0.270. The van der Waals surface area contributed by atoms with Gasteiger partial charge in [-0.25, -0.2) is 9.97 Å². The highest BCUT2D eigenvalue weighted by atomic mass is 16.5. The van der Waals surface area contributed by atoms with Crippen molar-refractivity contribution >= 4 is 17.6 Å². The number of likely N-dealkylation sites (tertiary alicyclic amines) is 1. The first-order valence-corrected chi connectivity index (χ1v) is 9.74. The molecule has 3 rings (SSSR count). The van der Waals surface area contributed by atoms with E-state index in [1.54, 1.807) is 38.4 Å². The van der Waals surface area contributed by atoms with Crippen LogP contribution in [0.5, 0.6) is 0 Å². The normalized spacial score (nSPS) is 17.9. The molecule has 0 aliphatic carbocycles. The quantitative estimate of drug-likeness (QED) is 0.640. The Hall–Kier alpha value is -3.48. The zero-order valence-electron chi connectivity index (χ0n) is 17.8. The molecule has 0 radical (unpaired) electrons. The van der Waals surface area contributed by atoms with Gasteiger partial charge in [0.2, 0.25) is 5.60 Å². The Morgan fingerprint density at radius 3 is 2.81 bits per heavy atom. The molecule has 0 saturated carbocycles. The summed E-state index contributed by atoms with van der Waals surface area (Å²) >= 11 is 0. The maximum absolute atomic E-state index is 12.1. The van der Waals surface area contributed by atoms with Gasteiger partial charge in [-0.2, -0.15) is 0 Å². The molecule has 9 nitrogen and oxygen atoms in total. The highest BCUT2D eigenvalue weighted by Crippen LogP contribution is 2.23. The molecule has 0 unspecified atom stereocenters. The number of ether oxygens (including phenoxy) is 1. The number of aliphatic hydroxyl groups is 1. The Labute approximate surface area is 180 Å². The molecule has 9 heteroatoms. The van der Waals surface area contributed by atoms with Gasteiger partial charge >= 0.3 is 0 Å². The average molecular weight is 423 g/mol. The molecule has 162 valence electrons. The molecular weight excluding hydrogens is 398 g/mol. The lowest BCUT2D eigenvalue weighted by Gasteiger charge is -2.18. The van der Waals surface area contributed by atoms with Gasteiger partial charge in [-0.3, -0.25) is 9.59 Å². The number of aromatic nitrogens is 2. The molecule has 1 saturated heterocycles. The van der Waals surface area contributed by atoms with E-state index in [2.05, 4.69) is 21.8 Å². The van der Waals surface area contributed by atoms with Gasteiger partial charge in [0.05, 0.1) is 6.61 Å². The summed E-state index contributed by atoms with van der Waals surface area (Å²) in [6, 6.07) is 8.57. The van der Waals surface area contributed by atoms with E-state index in [9.17, 15) is 14.7 Å². The number of methoxy groups -OCH3 is 1. The molecule has 0 bridgehead atoms. The standard InChI is InChI=1S/C22H25N5O4/c1-26(11-12-31-3)18-14-17(19(23)28)24-20(25-18)16-6-4-5-15(13-16)7-8-22(30)9-10-27(2)21(22)29/h4-6,13-14,30H,9-12H2,1-3H3,(H2,23,28)/t22-/m0/s1. The monoisotopic (exact) mass is 423 g/mol. The van der Waals surface area contributed by atoms with Gasteiger partial charge in [0.15, 0.2) is 5.82 Å². The Bertz CT molecular complexity index is 1060. The minimum atomic E-state index is -1.68. The number of anilines is 1. The third-order valence-corrected chi connectivity index (χ3v) is 5.03. The van der Waals surface area contributed by atoms with E-state index < -0.39 is 17.4 Å². The molecule has 2 aromatic rings. The molecule has 1 aliphatic heterocycles. The van der Waals surface area contributed by atoms with Crippen LogP contribution in [0.15, 0.2) is 30.3 Å². The Morgan fingerprint density at radius 1 is 1.39 bits per heavy atom. The van der Waals surface area contributed by atoms with Crippen LogP contribution in [-0.4, -0.2) is 78.3 Å². The zero-order valence-corrected chi connectivity index (χ0v) is 17.8. The van der Waals surface area contributed by atoms with E-state index in [1.807, 2.05) is 11.9 Å². The molecule has 1 fully saturated rings. The van der Waals surface area contributed by atoms with Crippen molar-refractivity contribution in [3.8, 4) is 23.2 Å². The first kappa shape index (κ1) is 22.2. The summed E-state index contributed by atoms with van der Waals surface area (Å²) in [5.41, 5.74) is 5.08. The van der Waals surface area contributed by atoms with Crippen molar-refractivity contribution < 1.29 is 19.4 Å². The number of nitrogens with zero attached hydrogens (tertiary/aromatic N) is 4. The highest BCUT2D eigenvalue weighted by molar-refractivity contribution is 5.92. The number of amides is 2. The lowest BCUT2D eigenvalue weighted by Crippen LogP contribution is -2.37. The summed E-state index contributed by atoms with van der Waals surface area (Å²) in [4.78, 5) is 36.0. The van der Waals surface area contributed by atoms with Crippen LogP contribution in [0.1, 0.15) is 22.5 Å². The third kappa shape index (κ3) is 4.99. The fraction of sp³-hybridized carbons (Fsp3) is 0.364. The van der Waals surface area contributed by atoms with E-state index in [4.69, 9.17) is 10.5 Å². The van der Waals surface area contributed by atoms with E-state index in [1.165, 1.54) is 11.0 Å². The molecule has 2 amide bonds. The first-order chi connectivity index (χ1) is 14.7. The number of primary amides is 1. The Kier molecular flexibility index (Phi) is 6.53. The number of rotatable bonds is 6. The van der Waals surface area contributed by atoms with E-state index in [0.29, 0.717) is 42.5 Å². The van der Waals surface area contributed by atoms with Crippen LogP contribution in [0, 0.1) is 11.8 Å². The second-order valence-electron chi connectivity index (χ2n) is 7.38. The zero-order chi connectivity index (χ0) is 22.6. The van der Waals surface area contributed by atoms with Gasteiger partial charge in [0, 0.05) is 57.9 Å². The topological polar surface area (TPSA) is 122 Å². The lowest BCUT2D eigenvalue weighted by molar-refractivity contribution is -0.137. The summed E-state index contributed by atoms with van der Waals surface area (Å²) in [5.74, 6) is 5.34. The fourth-order valence-corrected chi connectivity index (χ4v) is 3.11. The fourth-order valence-electron chi connectivity index (χ4n) is 3.11. The smallest absolute Gasteiger partial charge is 0.267 e. The van der Waals surface area contributed by atoms with Crippen molar-refractivity contribution in [1.29, 1.82) is 0 Å². The molecule has 2 heterocycles. The Morgan fingerprint density at radius 2 is 2.16 bits per heavy atom. The molecular formula is C22H25N5O4. The minimum Gasteiger partial charge on any atom is -0.383 e. The number of carbonyl (C=O) groups is 2. The molecule has 3 N–H and O–H groups in total. The maximum Gasteiger partial charge on any atom is 0.267 e. The van der Waals surface area contributed by atoms with Crippen LogP contribution in [0.2, 0.25) is 0 Å². The van der Waals surface area contributed by atoms with Crippen LogP contribution in [0.25, 0.3) is 11.4 Å². The lowest BCUT2D eigenvalue weighted by atomic mass is 10.0. The van der Waals surface area contributed by atoms with E-state index >= 15 is 0 Å². The number of benzene rings is 1. The Balaban J connectivity index is 1.95. The van der Waals surface area contributed by atoms with Crippen molar-refractivity contribution in [2.24, 2.45) is 5.73 Å². The molecule has 1 aromatic carbocycles. The van der Waals surface area contributed by atoms with Crippen LogP contribution in [0.3, 0.4) is 0 Å². The van der Waals surface area contributed by atoms with Gasteiger partial charge in [0.1, 0.15) is 11.5 Å². The number of carbonyl (C=O) groups excluding carboxylic acids is 2. The highest BCUT2D eigenvalue weighted by Gasteiger charge is 2.42. The summed E-state index contributed by atoms with van der Waals surface area (Å²) in [7, 11) is 5.06. The van der Waals surface area contributed by atoms with Gasteiger partial charge in [0.25, 0.3) is 11.8 Å². The van der Waals surface area contributed by atoms with Crippen molar-refractivity contribution in [2.45, 2.75) is 12.0 Å². The van der Waals surface area contributed by atoms with Crippen molar-refractivity contribution in [2.75, 3.05) is 45.8 Å². The number of likely N-dealkylation sites (N-methyl/N-ethyl adjacent to an activating group) is 2. The van der Waals surface area contributed by atoms with E-state index in [0.717, 1.165) is 0 Å². The summed E-state index contributed by atoms with van der Waals surface area (Å²) in [6.07, 6.45) is 0.260. The number of hydrogen-bond donors (Lipinski definition) is 2. The van der Waals surface area contributed by atoms with Gasteiger partial charge in [-0.15, -0.1) is 0 Å². The van der Waals surface area contributed by atoms with Gasteiger partial charge < -0.3 is 25.4 Å². The van der Waals surface area contributed by atoms with Crippen molar-refractivity contribution in [3.63, 3.8) is 0 Å². The van der Waals surface area contributed by atoms with Gasteiger partial charge in [-0.05, 0) is 12.1 Å². The van der Waals surface area contributed by atoms with Crippen molar-refractivity contribution in [3.05, 3.63) is 41.6 Å². The third-order valence-electron chi connectivity index (χ3n) is 5.03. The van der Waals surface area contributed by atoms with Crippen molar-refractivity contribution in [1.82, 2.24) is 14.9 Å². The largest absolute Gasteiger partial charge is 0.383 e. The van der Waals surface area contributed by atoms with E-state index in [-0.39, 0.29) is 12.1 Å². The number of hydrogen-bond acceptors (Lipinski definition) is 7. The molecule has 1 aromatic heterocycles. The molecule has 0 spiro atoms. The summed E-state index contributed by atoms with van der Waals surface area (Å²) < 4.78 is 5.09. The molecule has 1 aliphatic rings. The molecule has 31 heavy (non-hydrogen) atoms. The second-order valence-corrected chi connectivity index (χ2v) is 7.38. The first-order valence-electron chi connectivity index (χ1n) is 9.74. The summed E-state index contributed by atoms with van der Waals surface area (Å²) in [6.45, 7) is 1.51. The second kappa shape index (κ2) is 9.12. The maximum atomic E-state index is 12.1. The van der Waals surface area contributed by atoms with Crippen LogP contribution < -0.4 is 10.6 Å². The predicted molar refractivity (Wildman–Crippen MR) is 115 cm³/mol. The van der Waals surface area contributed by atoms with Crippen LogP contribution in [0.4, 0.5) is 5.82 Å². The van der Waals surface area contributed by atoms with Gasteiger partial charge in [-0.1, -0.05) is 24.0 Å².